The van der Waals surface area contributed by atoms with Crippen LogP contribution in [-0.2, 0) is 0 Å². The molecule has 1 N–H and O–H groups in total. The molecule has 0 spiro atoms. The number of nitrogens with one attached hydrogen (secondary N) is 1. The van der Waals surface area contributed by atoms with Gasteiger partial charge in [0.15, 0.2) is 0 Å². The summed E-state index contributed by atoms with van der Waals surface area (Å²) in [5.74, 6) is 0.172. The first-order chi connectivity index (χ1) is 8.18. The van der Waals surface area contributed by atoms with Crippen LogP contribution in [0.1, 0.15) is 0 Å². The molecule has 1 aromatic heterocycles. The number of benzene rings is 1. The molecule has 86 valence electrons. The zero-order chi connectivity index (χ0) is 12.3. The highest BCUT2D eigenvalue weighted by Crippen LogP contribution is 2.28. The van der Waals surface area contributed by atoms with Gasteiger partial charge in [0.05, 0.1) is 15.6 Å². The lowest BCUT2D eigenvalue weighted by Crippen LogP contribution is -1.99. The number of nitrogens with zero attached hydrogens (tertiary/aromatic N) is 2. The summed E-state index contributed by atoms with van der Waals surface area (Å²) in [6, 6.07) is 9.87. The number of hydrogen-bond acceptors (Lipinski definition) is 4. The third-order valence-electron chi connectivity index (χ3n) is 2.11. The van der Waals surface area contributed by atoms with Gasteiger partial charge in [-0.3, -0.25) is 10.1 Å². The molecule has 0 aliphatic heterocycles. The maximum atomic E-state index is 10.8. The van der Waals surface area contributed by atoms with Crippen molar-refractivity contribution >= 4 is 28.8 Å². The van der Waals surface area contributed by atoms with Crippen molar-refractivity contribution in [1.82, 2.24) is 4.98 Å². The Bertz CT molecular complexity index is 560. The highest BCUT2D eigenvalue weighted by Gasteiger charge is 2.14. The molecular formula is C11H8ClN3O2. The lowest BCUT2D eigenvalue weighted by molar-refractivity contribution is -0.384. The second-order valence-electron chi connectivity index (χ2n) is 3.23. The predicted molar refractivity (Wildman–Crippen MR) is 65.6 cm³/mol. The van der Waals surface area contributed by atoms with E-state index in [1.54, 1.807) is 24.3 Å². The van der Waals surface area contributed by atoms with Crippen molar-refractivity contribution in [2.75, 3.05) is 5.32 Å². The van der Waals surface area contributed by atoms with Crippen LogP contribution < -0.4 is 5.32 Å². The maximum Gasteiger partial charge on any atom is 0.311 e. The standard InChI is InChI=1S/C11H8ClN3O2/c12-8-4-1-2-5-9(8)14-11-10(15(16)17)6-3-7-13-11/h1-7H,(H,13,14). The monoisotopic (exact) mass is 249 g/mol. The van der Waals surface area contributed by atoms with E-state index in [0.717, 1.165) is 0 Å². The molecule has 0 aliphatic carbocycles. The van der Waals surface area contributed by atoms with E-state index >= 15 is 0 Å². The first-order valence-corrected chi connectivity index (χ1v) is 5.17. The Morgan fingerprint density at radius 2 is 2.00 bits per heavy atom. The van der Waals surface area contributed by atoms with Crippen molar-refractivity contribution in [3.63, 3.8) is 0 Å². The van der Waals surface area contributed by atoms with Crippen molar-refractivity contribution in [3.05, 3.63) is 57.7 Å². The number of para-hydroxylation sites is 1. The zero-order valence-corrected chi connectivity index (χ0v) is 9.39. The van der Waals surface area contributed by atoms with Gasteiger partial charge in [0.25, 0.3) is 0 Å². The van der Waals surface area contributed by atoms with Gasteiger partial charge in [0, 0.05) is 12.3 Å². The van der Waals surface area contributed by atoms with Crippen LogP contribution in [0, 0.1) is 10.1 Å². The molecule has 0 unspecified atom stereocenters. The minimum absolute atomic E-state index is 0.0904. The van der Waals surface area contributed by atoms with E-state index in [1.165, 1.54) is 18.3 Å². The maximum absolute atomic E-state index is 10.8. The Morgan fingerprint density at radius 1 is 1.24 bits per heavy atom. The summed E-state index contributed by atoms with van der Waals surface area (Å²) in [4.78, 5) is 14.2. The van der Waals surface area contributed by atoms with Gasteiger partial charge in [0.2, 0.25) is 5.82 Å². The third kappa shape index (κ3) is 2.51. The highest BCUT2D eigenvalue weighted by molar-refractivity contribution is 6.33. The fourth-order valence-electron chi connectivity index (χ4n) is 1.33. The Hall–Kier alpha value is -2.14. The molecule has 0 bridgehead atoms. The van der Waals surface area contributed by atoms with Gasteiger partial charge >= 0.3 is 5.69 Å². The molecular weight excluding hydrogens is 242 g/mol. The van der Waals surface area contributed by atoms with Crippen molar-refractivity contribution < 1.29 is 4.92 Å². The van der Waals surface area contributed by atoms with Crippen LogP contribution in [0.15, 0.2) is 42.6 Å². The van der Waals surface area contributed by atoms with E-state index in [-0.39, 0.29) is 11.5 Å². The first kappa shape index (κ1) is 11.3. The van der Waals surface area contributed by atoms with E-state index < -0.39 is 4.92 Å². The second kappa shape index (κ2) is 4.80. The van der Waals surface area contributed by atoms with Gasteiger partial charge in [-0.25, -0.2) is 4.98 Å². The van der Waals surface area contributed by atoms with Gasteiger partial charge in [-0.1, -0.05) is 23.7 Å². The van der Waals surface area contributed by atoms with Crippen LogP contribution in [0.2, 0.25) is 5.02 Å². The Kier molecular flexibility index (Phi) is 3.20. The largest absolute Gasteiger partial charge is 0.333 e. The van der Waals surface area contributed by atoms with E-state index in [2.05, 4.69) is 10.3 Å². The number of halogens is 1. The van der Waals surface area contributed by atoms with Crippen molar-refractivity contribution in [2.45, 2.75) is 0 Å². The zero-order valence-electron chi connectivity index (χ0n) is 8.63. The van der Waals surface area contributed by atoms with Gasteiger partial charge in [-0.05, 0) is 18.2 Å². The molecule has 1 aromatic carbocycles. The topological polar surface area (TPSA) is 68.1 Å². The van der Waals surface area contributed by atoms with Crippen molar-refractivity contribution in [1.29, 1.82) is 0 Å². The number of rotatable bonds is 3. The van der Waals surface area contributed by atoms with Gasteiger partial charge in [-0.15, -0.1) is 0 Å². The molecule has 2 rings (SSSR count). The van der Waals surface area contributed by atoms with Crippen LogP contribution in [0.4, 0.5) is 17.2 Å². The van der Waals surface area contributed by atoms with Crippen LogP contribution in [0.5, 0.6) is 0 Å². The van der Waals surface area contributed by atoms with E-state index in [0.29, 0.717) is 10.7 Å². The molecule has 1 heterocycles. The second-order valence-corrected chi connectivity index (χ2v) is 3.64. The smallest absolute Gasteiger partial charge is 0.311 e. The summed E-state index contributed by atoms with van der Waals surface area (Å²) >= 11 is 5.95. The Balaban J connectivity index is 2.37. The number of hydrogen-bond donors (Lipinski definition) is 1. The summed E-state index contributed by atoms with van der Waals surface area (Å²) in [5, 5.41) is 14.1. The first-order valence-electron chi connectivity index (χ1n) is 4.79. The number of anilines is 2. The van der Waals surface area contributed by atoms with Crippen LogP contribution in [-0.4, -0.2) is 9.91 Å². The molecule has 0 fully saturated rings. The molecule has 6 heteroatoms. The molecule has 17 heavy (non-hydrogen) atoms. The molecule has 0 atom stereocenters. The highest BCUT2D eigenvalue weighted by atomic mass is 35.5. The quantitative estimate of drug-likeness (QED) is 0.669. The number of aromatic nitrogens is 1. The minimum atomic E-state index is -0.494. The fourth-order valence-corrected chi connectivity index (χ4v) is 1.51. The molecule has 0 radical (unpaired) electrons. The lowest BCUT2D eigenvalue weighted by Gasteiger charge is -2.06. The normalized spacial score (nSPS) is 9.94. The molecule has 5 nitrogen and oxygen atoms in total. The molecule has 2 aromatic rings. The summed E-state index contributed by atoms with van der Waals surface area (Å²) in [6.45, 7) is 0. The van der Waals surface area contributed by atoms with Crippen LogP contribution in [0.3, 0.4) is 0 Å². The molecule has 0 saturated heterocycles. The van der Waals surface area contributed by atoms with Gasteiger partial charge in [0.1, 0.15) is 0 Å². The number of pyridine rings is 1. The molecule has 0 amide bonds. The predicted octanol–water partition coefficient (Wildman–Crippen LogP) is 3.39. The van der Waals surface area contributed by atoms with E-state index in [4.69, 9.17) is 11.6 Å². The Morgan fingerprint density at radius 3 is 2.71 bits per heavy atom. The van der Waals surface area contributed by atoms with Crippen molar-refractivity contribution in [3.8, 4) is 0 Å². The lowest BCUT2D eigenvalue weighted by atomic mass is 10.3. The van der Waals surface area contributed by atoms with E-state index in [1.807, 2.05) is 0 Å². The number of nitro groups is 1. The SMILES string of the molecule is O=[N+]([O-])c1cccnc1Nc1ccccc1Cl. The molecule has 0 saturated carbocycles. The molecule has 0 aliphatic rings. The average molecular weight is 250 g/mol. The third-order valence-corrected chi connectivity index (χ3v) is 2.44. The summed E-state index contributed by atoms with van der Waals surface area (Å²) < 4.78 is 0. The average Bonchev–Trinajstić information content (AvgIpc) is 2.32. The van der Waals surface area contributed by atoms with Crippen molar-refractivity contribution in [2.24, 2.45) is 0 Å². The van der Waals surface area contributed by atoms with Gasteiger partial charge < -0.3 is 5.32 Å². The van der Waals surface area contributed by atoms with Crippen LogP contribution in [0.25, 0.3) is 0 Å². The van der Waals surface area contributed by atoms with Crippen LogP contribution >= 0.6 is 11.6 Å². The van der Waals surface area contributed by atoms with E-state index in [9.17, 15) is 10.1 Å². The summed E-state index contributed by atoms with van der Waals surface area (Å²) in [6.07, 6.45) is 1.48. The minimum Gasteiger partial charge on any atom is -0.333 e. The fraction of sp³-hybridized carbons (Fsp3) is 0. The summed E-state index contributed by atoms with van der Waals surface area (Å²) in [5.41, 5.74) is 0.489. The Labute approximate surface area is 102 Å². The van der Waals surface area contributed by atoms with Gasteiger partial charge in [-0.2, -0.15) is 0 Å². The summed E-state index contributed by atoms with van der Waals surface area (Å²) in [7, 11) is 0.